The zero-order valence-corrected chi connectivity index (χ0v) is 9.05. The van der Waals surface area contributed by atoms with Gasteiger partial charge in [0.05, 0.1) is 13.2 Å². The first-order valence-electron chi connectivity index (χ1n) is 4.93. The van der Waals surface area contributed by atoms with Crippen LogP contribution >= 0.6 is 0 Å². The number of hydrogen-bond acceptors (Lipinski definition) is 5. The molecule has 0 heterocycles. The standard InChI is InChI=1S/C11H12N2O4/c14-5-6-17-11(16)13-10-3-1-9(2-4-10)7-12-8-15/h1-4,14H,5-7H2,(H,13,16). The molecule has 0 aliphatic carbocycles. The molecule has 17 heavy (non-hydrogen) atoms. The average Bonchev–Trinajstić information content (AvgIpc) is 2.35. The minimum Gasteiger partial charge on any atom is -0.447 e. The molecule has 1 rings (SSSR count). The van der Waals surface area contributed by atoms with Crippen LogP contribution in [0.5, 0.6) is 0 Å². The smallest absolute Gasteiger partial charge is 0.411 e. The van der Waals surface area contributed by atoms with Gasteiger partial charge in [-0.05, 0) is 17.7 Å². The highest BCUT2D eigenvalue weighted by Gasteiger charge is 2.02. The summed E-state index contributed by atoms with van der Waals surface area (Å²) in [5, 5.41) is 10.9. The molecule has 0 bridgehead atoms. The van der Waals surface area contributed by atoms with Crippen molar-refractivity contribution in [3.63, 3.8) is 0 Å². The van der Waals surface area contributed by atoms with Gasteiger partial charge in [0.25, 0.3) is 0 Å². The lowest BCUT2D eigenvalue weighted by molar-refractivity contribution is 0.131. The molecule has 1 aromatic rings. The Morgan fingerprint density at radius 2 is 2.12 bits per heavy atom. The van der Waals surface area contributed by atoms with Crippen LogP contribution in [0.15, 0.2) is 29.3 Å². The van der Waals surface area contributed by atoms with E-state index in [1.54, 1.807) is 24.3 Å². The SMILES string of the molecule is O=C=NCc1ccc(NC(=O)OCCO)cc1. The summed E-state index contributed by atoms with van der Waals surface area (Å²) in [6.07, 6.45) is 0.821. The zero-order chi connectivity index (χ0) is 12.5. The number of hydrogen-bond donors (Lipinski definition) is 2. The Hall–Kier alpha value is -2.17. The Labute approximate surface area is 97.9 Å². The number of aliphatic imine (C=N–C) groups is 1. The second-order valence-corrected chi connectivity index (χ2v) is 3.09. The number of aliphatic hydroxyl groups excluding tert-OH is 1. The van der Waals surface area contributed by atoms with E-state index in [9.17, 15) is 9.59 Å². The highest BCUT2D eigenvalue weighted by Crippen LogP contribution is 2.10. The number of amides is 1. The molecule has 0 saturated carbocycles. The lowest BCUT2D eigenvalue weighted by atomic mass is 10.2. The monoisotopic (exact) mass is 236 g/mol. The Bertz CT molecular complexity index is 410. The van der Waals surface area contributed by atoms with Gasteiger partial charge >= 0.3 is 6.09 Å². The summed E-state index contributed by atoms with van der Waals surface area (Å²) in [5.74, 6) is 0. The lowest BCUT2D eigenvalue weighted by Gasteiger charge is -2.05. The second kappa shape index (κ2) is 7.16. The highest BCUT2D eigenvalue weighted by atomic mass is 16.6. The molecular weight excluding hydrogens is 224 g/mol. The molecule has 2 N–H and O–H groups in total. The quantitative estimate of drug-likeness (QED) is 0.591. The molecule has 0 aliphatic heterocycles. The minimum absolute atomic E-state index is 0.0437. The number of benzene rings is 1. The molecule has 0 atom stereocenters. The molecule has 0 fully saturated rings. The van der Waals surface area contributed by atoms with Crippen molar-refractivity contribution in [1.29, 1.82) is 0 Å². The van der Waals surface area contributed by atoms with E-state index < -0.39 is 6.09 Å². The molecule has 0 aliphatic rings. The number of anilines is 1. The molecule has 0 unspecified atom stereocenters. The van der Waals surface area contributed by atoms with Crippen LogP contribution in [0.4, 0.5) is 10.5 Å². The summed E-state index contributed by atoms with van der Waals surface area (Å²) in [6.45, 7) is 0.00671. The number of nitrogens with one attached hydrogen (secondary N) is 1. The van der Waals surface area contributed by atoms with Crippen LogP contribution in [-0.2, 0) is 16.1 Å². The van der Waals surface area contributed by atoms with Crippen molar-refractivity contribution in [3.8, 4) is 0 Å². The van der Waals surface area contributed by atoms with Gasteiger partial charge in [-0.25, -0.2) is 14.6 Å². The van der Waals surface area contributed by atoms with E-state index in [1.807, 2.05) is 0 Å². The van der Waals surface area contributed by atoms with Crippen LogP contribution in [0.2, 0.25) is 0 Å². The predicted octanol–water partition coefficient (Wildman–Crippen LogP) is 1.06. The Kier molecular flexibility index (Phi) is 5.43. The normalized spacial score (nSPS) is 9.24. The number of carbonyl (C=O) groups is 1. The predicted molar refractivity (Wildman–Crippen MR) is 60.3 cm³/mol. The van der Waals surface area contributed by atoms with E-state index >= 15 is 0 Å². The van der Waals surface area contributed by atoms with Gasteiger partial charge in [-0.2, -0.15) is 0 Å². The highest BCUT2D eigenvalue weighted by molar-refractivity contribution is 5.84. The fourth-order valence-corrected chi connectivity index (χ4v) is 1.11. The Morgan fingerprint density at radius 3 is 2.71 bits per heavy atom. The maximum atomic E-state index is 11.1. The molecule has 0 spiro atoms. The topological polar surface area (TPSA) is 88.0 Å². The third-order valence-corrected chi connectivity index (χ3v) is 1.85. The van der Waals surface area contributed by atoms with Crippen molar-refractivity contribution in [2.75, 3.05) is 18.5 Å². The van der Waals surface area contributed by atoms with E-state index in [-0.39, 0.29) is 19.8 Å². The first kappa shape index (κ1) is 12.9. The Balaban J connectivity index is 2.50. The summed E-state index contributed by atoms with van der Waals surface area (Å²) in [7, 11) is 0. The van der Waals surface area contributed by atoms with Gasteiger partial charge in [-0.1, -0.05) is 12.1 Å². The van der Waals surface area contributed by atoms with Gasteiger partial charge in [0.1, 0.15) is 6.61 Å². The first-order valence-corrected chi connectivity index (χ1v) is 4.93. The summed E-state index contributed by atoms with van der Waals surface area (Å²) >= 11 is 0. The third kappa shape index (κ3) is 4.92. The largest absolute Gasteiger partial charge is 0.447 e. The number of nitrogens with zero attached hydrogens (tertiary/aromatic N) is 1. The maximum absolute atomic E-state index is 11.1. The summed E-state index contributed by atoms with van der Waals surface area (Å²) < 4.78 is 4.62. The van der Waals surface area contributed by atoms with Gasteiger partial charge in [0.2, 0.25) is 6.08 Å². The van der Waals surface area contributed by atoms with E-state index in [4.69, 9.17) is 5.11 Å². The van der Waals surface area contributed by atoms with Gasteiger partial charge < -0.3 is 9.84 Å². The van der Waals surface area contributed by atoms with Crippen molar-refractivity contribution in [1.82, 2.24) is 0 Å². The average molecular weight is 236 g/mol. The first-order chi connectivity index (χ1) is 8.26. The van der Waals surface area contributed by atoms with Crippen LogP contribution < -0.4 is 5.32 Å². The molecule has 0 aromatic heterocycles. The molecule has 90 valence electrons. The maximum Gasteiger partial charge on any atom is 0.411 e. The van der Waals surface area contributed by atoms with E-state index in [0.29, 0.717) is 5.69 Å². The Morgan fingerprint density at radius 1 is 1.41 bits per heavy atom. The number of ether oxygens (including phenoxy) is 1. The number of rotatable bonds is 5. The summed E-state index contributed by atoms with van der Waals surface area (Å²) in [4.78, 5) is 24.4. The molecule has 0 radical (unpaired) electrons. The molecule has 1 aromatic carbocycles. The lowest BCUT2D eigenvalue weighted by Crippen LogP contribution is -2.15. The molecule has 6 heteroatoms. The fourth-order valence-electron chi connectivity index (χ4n) is 1.11. The van der Waals surface area contributed by atoms with Crippen molar-refractivity contribution in [2.45, 2.75) is 6.54 Å². The van der Waals surface area contributed by atoms with E-state index in [0.717, 1.165) is 5.56 Å². The van der Waals surface area contributed by atoms with E-state index in [1.165, 1.54) is 6.08 Å². The number of carbonyl (C=O) groups excluding carboxylic acids is 2. The minimum atomic E-state index is -0.627. The van der Waals surface area contributed by atoms with Crippen LogP contribution in [-0.4, -0.2) is 30.5 Å². The van der Waals surface area contributed by atoms with Gasteiger partial charge in [0, 0.05) is 5.69 Å². The van der Waals surface area contributed by atoms with E-state index in [2.05, 4.69) is 15.0 Å². The van der Waals surface area contributed by atoms with Crippen molar-refractivity contribution < 1.29 is 19.4 Å². The van der Waals surface area contributed by atoms with Crippen LogP contribution in [0.3, 0.4) is 0 Å². The van der Waals surface area contributed by atoms with Crippen molar-refractivity contribution in [3.05, 3.63) is 29.8 Å². The van der Waals surface area contributed by atoms with Crippen molar-refractivity contribution in [2.24, 2.45) is 4.99 Å². The zero-order valence-electron chi connectivity index (χ0n) is 9.05. The fraction of sp³-hybridized carbons (Fsp3) is 0.273. The number of aliphatic hydroxyl groups is 1. The van der Waals surface area contributed by atoms with Crippen LogP contribution in [0.1, 0.15) is 5.56 Å². The molecule has 6 nitrogen and oxygen atoms in total. The van der Waals surface area contributed by atoms with Crippen molar-refractivity contribution >= 4 is 17.9 Å². The van der Waals surface area contributed by atoms with Gasteiger partial charge in [-0.3, -0.25) is 5.32 Å². The van der Waals surface area contributed by atoms with Gasteiger partial charge in [-0.15, -0.1) is 0 Å². The molecular formula is C11H12N2O4. The third-order valence-electron chi connectivity index (χ3n) is 1.85. The van der Waals surface area contributed by atoms with Crippen LogP contribution in [0, 0.1) is 0 Å². The number of isocyanates is 1. The van der Waals surface area contributed by atoms with Crippen LogP contribution in [0.25, 0.3) is 0 Å². The van der Waals surface area contributed by atoms with Gasteiger partial charge in [0.15, 0.2) is 0 Å². The summed E-state index contributed by atoms with van der Waals surface area (Å²) in [6, 6.07) is 6.77. The summed E-state index contributed by atoms with van der Waals surface area (Å²) in [5.41, 5.74) is 1.40. The molecule has 1 amide bonds. The second-order valence-electron chi connectivity index (χ2n) is 3.09. The molecule has 0 saturated heterocycles.